The fraction of sp³-hybridized carbons (Fsp3) is 0.628. The van der Waals surface area contributed by atoms with Crippen LogP contribution in [0.15, 0.2) is 85.1 Å². The molecule has 0 fully saturated rings. The van der Waals surface area contributed by atoms with E-state index in [2.05, 4.69) is 98.9 Å². The summed E-state index contributed by atoms with van der Waals surface area (Å²) < 4.78 is 10.5. The largest absolute Gasteiger partial charge is 0.462 e. The summed E-state index contributed by atoms with van der Waals surface area (Å²) in [5, 5.41) is 9.53. The normalized spacial score (nSPS) is 13.1. The van der Waals surface area contributed by atoms with Crippen LogP contribution in [-0.4, -0.2) is 36.4 Å². The number of hydrogen-bond acceptors (Lipinski definition) is 5. The molecule has 0 amide bonds. The van der Waals surface area contributed by atoms with E-state index in [4.69, 9.17) is 9.47 Å². The Bertz CT molecular complexity index is 937. The number of ether oxygens (including phenoxy) is 2. The number of aliphatic hydroxyl groups excluding tert-OH is 1. The van der Waals surface area contributed by atoms with Crippen molar-refractivity contribution in [2.75, 3.05) is 13.2 Å². The van der Waals surface area contributed by atoms with Crippen molar-refractivity contribution in [1.29, 1.82) is 0 Å². The van der Waals surface area contributed by atoms with Crippen molar-refractivity contribution in [3.63, 3.8) is 0 Å². The smallest absolute Gasteiger partial charge is 0.306 e. The molecule has 0 aliphatic heterocycles. The van der Waals surface area contributed by atoms with Crippen LogP contribution in [0.25, 0.3) is 0 Å². The number of carbonyl (C=O) groups excluding carboxylic acids is 2. The van der Waals surface area contributed by atoms with Gasteiger partial charge >= 0.3 is 11.9 Å². The Labute approximate surface area is 295 Å². The number of hydrogen-bond donors (Lipinski definition) is 1. The highest BCUT2D eigenvalue weighted by molar-refractivity contribution is 5.70. The van der Waals surface area contributed by atoms with Crippen molar-refractivity contribution in [3.05, 3.63) is 85.1 Å². The van der Waals surface area contributed by atoms with E-state index in [0.29, 0.717) is 19.3 Å². The van der Waals surface area contributed by atoms with Crippen LogP contribution in [0.1, 0.15) is 155 Å². The Morgan fingerprint density at radius 2 is 0.833 bits per heavy atom. The van der Waals surface area contributed by atoms with Gasteiger partial charge in [-0.15, -0.1) is 0 Å². The first-order valence-electron chi connectivity index (χ1n) is 19.1. The summed E-state index contributed by atoms with van der Waals surface area (Å²) >= 11 is 0. The first-order valence-corrected chi connectivity index (χ1v) is 19.1. The monoisotopic (exact) mass is 667 g/mol. The van der Waals surface area contributed by atoms with Crippen molar-refractivity contribution in [1.82, 2.24) is 0 Å². The second kappa shape index (κ2) is 38.5. The van der Waals surface area contributed by atoms with Crippen LogP contribution in [0.4, 0.5) is 0 Å². The van der Waals surface area contributed by atoms with E-state index in [0.717, 1.165) is 44.9 Å². The molecular formula is C43H70O5. The van der Waals surface area contributed by atoms with E-state index in [1.54, 1.807) is 0 Å². The molecule has 0 aromatic heterocycles. The van der Waals surface area contributed by atoms with Crippen LogP contribution >= 0.6 is 0 Å². The zero-order chi connectivity index (χ0) is 35.0. The zero-order valence-corrected chi connectivity index (χ0v) is 30.7. The van der Waals surface area contributed by atoms with E-state index in [1.807, 2.05) is 0 Å². The molecule has 0 aliphatic carbocycles. The van der Waals surface area contributed by atoms with Gasteiger partial charge in [0.25, 0.3) is 0 Å². The number of carbonyl (C=O) groups is 2. The van der Waals surface area contributed by atoms with Crippen molar-refractivity contribution in [3.8, 4) is 0 Å². The van der Waals surface area contributed by atoms with Gasteiger partial charge in [0.2, 0.25) is 0 Å². The van der Waals surface area contributed by atoms with Crippen molar-refractivity contribution >= 4 is 11.9 Å². The molecule has 5 nitrogen and oxygen atoms in total. The van der Waals surface area contributed by atoms with E-state index in [9.17, 15) is 14.7 Å². The minimum atomic E-state index is -0.824. The summed E-state index contributed by atoms with van der Waals surface area (Å²) in [5.74, 6) is -0.726. The van der Waals surface area contributed by atoms with Crippen LogP contribution < -0.4 is 0 Å². The zero-order valence-electron chi connectivity index (χ0n) is 30.7. The maximum Gasteiger partial charge on any atom is 0.306 e. The van der Waals surface area contributed by atoms with Crippen LogP contribution in [-0.2, 0) is 19.1 Å². The first-order chi connectivity index (χ1) is 23.6. The molecule has 5 heteroatoms. The lowest BCUT2D eigenvalue weighted by Gasteiger charge is -2.15. The Morgan fingerprint density at radius 3 is 1.29 bits per heavy atom. The second-order valence-electron chi connectivity index (χ2n) is 12.3. The van der Waals surface area contributed by atoms with Crippen LogP contribution in [0, 0.1) is 0 Å². The molecule has 1 N–H and O–H groups in total. The van der Waals surface area contributed by atoms with Gasteiger partial charge in [0.05, 0.1) is 6.61 Å². The van der Waals surface area contributed by atoms with Crippen LogP contribution in [0.5, 0.6) is 0 Å². The SMILES string of the molecule is CCCCC/C=C\C/C=C\C/C=C\C/C=C\CCCC(=O)O[C@@H](CO)COC(=O)CCC/C=C\C/C=C\C/C=C\CCCCCCCC. The average Bonchev–Trinajstić information content (AvgIpc) is 3.09. The van der Waals surface area contributed by atoms with E-state index >= 15 is 0 Å². The van der Waals surface area contributed by atoms with Gasteiger partial charge in [-0.2, -0.15) is 0 Å². The number of rotatable bonds is 33. The minimum absolute atomic E-state index is 0.119. The summed E-state index contributed by atoms with van der Waals surface area (Å²) in [7, 11) is 0. The molecular weight excluding hydrogens is 596 g/mol. The lowest BCUT2D eigenvalue weighted by molar-refractivity contribution is -0.161. The Kier molecular flexibility index (Phi) is 36.2. The predicted molar refractivity (Wildman–Crippen MR) is 205 cm³/mol. The van der Waals surface area contributed by atoms with E-state index < -0.39 is 6.10 Å². The summed E-state index contributed by atoms with van der Waals surface area (Å²) in [6, 6.07) is 0. The molecule has 0 saturated heterocycles. The minimum Gasteiger partial charge on any atom is -0.462 e. The Balaban J connectivity index is 3.78. The Morgan fingerprint density at radius 1 is 0.479 bits per heavy atom. The standard InChI is InChI=1S/C43H70O5/c1-3-5-7-9-11-13-15-17-19-21-23-25-27-29-31-33-35-37-42(45)47-40-41(39-44)48-43(46)38-36-34-32-30-28-26-24-22-20-18-16-14-12-10-8-6-4-2/h12,14,17-20,23-26,29-32,41,44H,3-11,13,15-16,21-22,27-28,33-40H2,1-2H3/b14-12-,19-17-,20-18-,25-23-,26-24-,31-29-,32-30-/t41-/m0/s1. The predicted octanol–water partition coefficient (Wildman–Crippen LogP) is 11.9. The molecule has 0 spiro atoms. The van der Waals surface area contributed by atoms with Crippen LogP contribution in [0.2, 0.25) is 0 Å². The van der Waals surface area contributed by atoms with Gasteiger partial charge < -0.3 is 14.6 Å². The number of aliphatic hydroxyl groups is 1. The maximum atomic E-state index is 12.1. The third-order valence-corrected chi connectivity index (χ3v) is 7.66. The highest BCUT2D eigenvalue weighted by Crippen LogP contribution is 2.08. The number of allylic oxidation sites excluding steroid dienone is 14. The van der Waals surface area contributed by atoms with Crippen molar-refractivity contribution in [2.24, 2.45) is 0 Å². The molecule has 0 radical (unpaired) electrons. The van der Waals surface area contributed by atoms with Crippen molar-refractivity contribution < 1.29 is 24.2 Å². The summed E-state index contributed by atoms with van der Waals surface area (Å²) in [4.78, 5) is 24.2. The van der Waals surface area contributed by atoms with Gasteiger partial charge in [-0.05, 0) is 83.5 Å². The molecule has 48 heavy (non-hydrogen) atoms. The molecule has 0 saturated carbocycles. The molecule has 0 heterocycles. The molecule has 0 aromatic carbocycles. The van der Waals surface area contributed by atoms with Crippen molar-refractivity contribution in [2.45, 2.75) is 161 Å². The fourth-order valence-corrected chi connectivity index (χ4v) is 4.74. The highest BCUT2D eigenvalue weighted by atomic mass is 16.6. The third kappa shape index (κ3) is 35.9. The van der Waals surface area contributed by atoms with E-state index in [1.165, 1.54) is 70.6 Å². The summed E-state index contributed by atoms with van der Waals surface area (Å²) in [6.45, 7) is 3.99. The topological polar surface area (TPSA) is 72.8 Å². The molecule has 0 rings (SSSR count). The highest BCUT2D eigenvalue weighted by Gasteiger charge is 2.15. The lowest BCUT2D eigenvalue weighted by Crippen LogP contribution is -2.28. The summed E-state index contributed by atoms with van der Waals surface area (Å²) in [5.41, 5.74) is 0. The van der Waals surface area contributed by atoms with Gasteiger partial charge in [0.15, 0.2) is 6.10 Å². The molecule has 1 atom stereocenters. The van der Waals surface area contributed by atoms with Gasteiger partial charge in [-0.3, -0.25) is 9.59 Å². The molecule has 0 aliphatic rings. The van der Waals surface area contributed by atoms with Crippen LogP contribution in [0.3, 0.4) is 0 Å². The maximum absolute atomic E-state index is 12.1. The lowest BCUT2D eigenvalue weighted by atomic mass is 10.1. The van der Waals surface area contributed by atoms with Gasteiger partial charge in [0.1, 0.15) is 6.61 Å². The third-order valence-electron chi connectivity index (χ3n) is 7.66. The fourth-order valence-electron chi connectivity index (χ4n) is 4.74. The van der Waals surface area contributed by atoms with Gasteiger partial charge in [0, 0.05) is 12.8 Å². The van der Waals surface area contributed by atoms with E-state index in [-0.39, 0.29) is 31.6 Å². The quantitative estimate of drug-likeness (QED) is 0.0429. The van der Waals surface area contributed by atoms with Gasteiger partial charge in [-0.25, -0.2) is 0 Å². The molecule has 0 aromatic rings. The number of esters is 2. The molecule has 0 bridgehead atoms. The average molecular weight is 667 g/mol. The van der Waals surface area contributed by atoms with Gasteiger partial charge in [-0.1, -0.05) is 144 Å². The number of unbranched alkanes of at least 4 members (excludes halogenated alkanes) is 11. The molecule has 272 valence electrons. The molecule has 0 unspecified atom stereocenters. The second-order valence-corrected chi connectivity index (χ2v) is 12.3. The Hall–Kier alpha value is -2.92. The summed E-state index contributed by atoms with van der Waals surface area (Å²) in [6.07, 6.45) is 52.2. The first kappa shape index (κ1) is 45.1.